The molecular weight excluding hydrogens is 240 g/mol. The Morgan fingerprint density at radius 2 is 2.00 bits per heavy atom. The Labute approximate surface area is 116 Å². The predicted molar refractivity (Wildman–Crippen MR) is 75.8 cm³/mol. The third-order valence-corrected chi connectivity index (χ3v) is 4.63. The van der Waals surface area contributed by atoms with E-state index in [0.29, 0.717) is 19.2 Å². The molecule has 3 atom stereocenters. The lowest BCUT2D eigenvalue weighted by molar-refractivity contribution is -0.150. The fourth-order valence-electron chi connectivity index (χ4n) is 3.71. The van der Waals surface area contributed by atoms with Crippen LogP contribution in [-0.2, 0) is 9.53 Å². The molecule has 1 saturated carbocycles. The first-order valence-electron chi connectivity index (χ1n) is 7.74. The van der Waals surface area contributed by atoms with Crippen LogP contribution in [0.1, 0.15) is 52.4 Å². The monoisotopic (exact) mass is 268 g/mol. The van der Waals surface area contributed by atoms with Crippen molar-refractivity contribution in [2.75, 3.05) is 19.7 Å². The van der Waals surface area contributed by atoms with Crippen molar-refractivity contribution in [2.45, 2.75) is 64.0 Å². The number of hydrogen-bond donors (Lipinski definition) is 1. The Morgan fingerprint density at radius 1 is 1.32 bits per heavy atom. The number of hydrogen-bond acceptors (Lipinski definition) is 4. The molecule has 4 nitrogen and oxygen atoms in total. The second-order valence-electron chi connectivity index (χ2n) is 6.36. The zero-order chi connectivity index (χ0) is 13.9. The summed E-state index contributed by atoms with van der Waals surface area (Å²) in [5.74, 6) is 0.549. The summed E-state index contributed by atoms with van der Waals surface area (Å²) >= 11 is 0. The van der Waals surface area contributed by atoms with Gasteiger partial charge in [-0.25, -0.2) is 0 Å². The van der Waals surface area contributed by atoms with Gasteiger partial charge in [0.1, 0.15) is 5.54 Å². The van der Waals surface area contributed by atoms with E-state index in [9.17, 15) is 4.79 Å². The van der Waals surface area contributed by atoms with E-state index in [1.165, 1.54) is 38.5 Å². The minimum absolute atomic E-state index is 0.270. The number of likely N-dealkylation sites (tertiary alicyclic amines) is 1. The van der Waals surface area contributed by atoms with Crippen molar-refractivity contribution in [3.8, 4) is 0 Å². The summed E-state index contributed by atoms with van der Waals surface area (Å²) in [5, 5.41) is 0. The van der Waals surface area contributed by atoms with Gasteiger partial charge in [-0.1, -0.05) is 12.8 Å². The van der Waals surface area contributed by atoms with Gasteiger partial charge in [-0.3, -0.25) is 9.69 Å². The average molecular weight is 268 g/mol. The maximum absolute atomic E-state index is 11.9. The summed E-state index contributed by atoms with van der Waals surface area (Å²) in [6, 6.07) is 0.639. The quantitative estimate of drug-likeness (QED) is 0.792. The minimum Gasteiger partial charge on any atom is -0.465 e. The summed E-state index contributed by atoms with van der Waals surface area (Å²) in [4.78, 5) is 14.4. The Hall–Kier alpha value is -0.610. The van der Waals surface area contributed by atoms with E-state index in [2.05, 4.69) is 4.90 Å². The number of piperidine rings is 1. The largest absolute Gasteiger partial charge is 0.465 e. The van der Waals surface area contributed by atoms with Gasteiger partial charge < -0.3 is 10.5 Å². The molecule has 1 aliphatic heterocycles. The highest BCUT2D eigenvalue weighted by Gasteiger charge is 2.39. The number of nitrogens with two attached hydrogens (primary N) is 1. The smallest absolute Gasteiger partial charge is 0.327 e. The predicted octanol–water partition coefficient (Wildman–Crippen LogP) is 1.92. The number of carbonyl (C=O) groups excluding carboxylic acids is 1. The van der Waals surface area contributed by atoms with Gasteiger partial charge in [0.05, 0.1) is 6.61 Å². The molecule has 1 aliphatic carbocycles. The van der Waals surface area contributed by atoms with Crippen LogP contribution < -0.4 is 5.73 Å². The zero-order valence-electron chi connectivity index (χ0n) is 12.4. The number of ether oxygens (including phenoxy) is 1. The first kappa shape index (κ1) is 14.8. The molecule has 0 aromatic heterocycles. The van der Waals surface area contributed by atoms with Gasteiger partial charge in [-0.05, 0) is 52.0 Å². The van der Waals surface area contributed by atoms with Gasteiger partial charge >= 0.3 is 5.97 Å². The highest BCUT2D eigenvalue weighted by atomic mass is 16.5. The van der Waals surface area contributed by atoms with E-state index in [1.807, 2.05) is 6.92 Å². The van der Waals surface area contributed by atoms with Crippen LogP contribution in [-0.4, -0.2) is 42.1 Å². The second-order valence-corrected chi connectivity index (χ2v) is 6.36. The standard InChI is InChI=1S/C15H28N2O2/c1-3-19-14(18)15(2,16)11-17-10-6-8-12-7-4-5-9-13(12)17/h12-13H,3-11,16H2,1-2H3. The van der Waals surface area contributed by atoms with Crippen LogP contribution in [0.4, 0.5) is 0 Å². The zero-order valence-corrected chi connectivity index (χ0v) is 12.4. The Kier molecular flexibility index (Phi) is 4.85. The fourth-order valence-corrected chi connectivity index (χ4v) is 3.71. The van der Waals surface area contributed by atoms with Gasteiger partial charge in [-0.2, -0.15) is 0 Å². The first-order chi connectivity index (χ1) is 9.04. The lowest BCUT2D eigenvalue weighted by atomic mass is 9.78. The molecule has 4 heteroatoms. The first-order valence-corrected chi connectivity index (χ1v) is 7.74. The van der Waals surface area contributed by atoms with Gasteiger partial charge in [-0.15, -0.1) is 0 Å². The molecule has 1 heterocycles. The Balaban J connectivity index is 1.98. The van der Waals surface area contributed by atoms with Gasteiger partial charge in [0.25, 0.3) is 0 Å². The van der Waals surface area contributed by atoms with Crippen molar-refractivity contribution >= 4 is 5.97 Å². The number of nitrogens with zero attached hydrogens (tertiary/aromatic N) is 1. The van der Waals surface area contributed by atoms with Gasteiger partial charge in [0, 0.05) is 12.6 Å². The van der Waals surface area contributed by atoms with E-state index in [4.69, 9.17) is 10.5 Å². The van der Waals surface area contributed by atoms with Crippen LogP contribution in [0.5, 0.6) is 0 Å². The second kappa shape index (κ2) is 6.23. The molecule has 110 valence electrons. The molecule has 1 saturated heterocycles. The molecule has 2 aliphatic rings. The van der Waals surface area contributed by atoms with Crippen LogP contribution in [0.15, 0.2) is 0 Å². The maximum Gasteiger partial charge on any atom is 0.327 e. The van der Waals surface area contributed by atoms with E-state index < -0.39 is 5.54 Å². The van der Waals surface area contributed by atoms with Crippen molar-refractivity contribution in [2.24, 2.45) is 11.7 Å². The van der Waals surface area contributed by atoms with Crippen molar-refractivity contribution < 1.29 is 9.53 Å². The average Bonchev–Trinajstić information content (AvgIpc) is 2.39. The summed E-state index contributed by atoms with van der Waals surface area (Å²) in [7, 11) is 0. The molecule has 0 amide bonds. The van der Waals surface area contributed by atoms with E-state index >= 15 is 0 Å². The molecule has 2 rings (SSSR count). The topological polar surface area (TPSA) is 55.6 Å². The van der Waals surface area contributed by atoms with Crippen molar-refractivity contribution in [1.82, 2.24) is 4.90 Å². The third-order valence-electron chi connectivity index (χ3n) is 4.63. The fraction of sp³-hybridized carbons (Fsp3) is 0.933. The normalized spacial score (nSPS) is 31.3. The molecule has 0 spiro atoms. The molecule has 0 radical (unpaired) electrons. The third kappa shape index (κ3) is 3.48. The highest BCUT2D eigenvalue weighted by Crippen LogP contribution is 2.35. The van der Waals surface area contributed by atoms with E-state index in [-0.39, 0.29) is 5.97 Å². The molecule has 3 unspecified atom stereocenters. The summed E-state index contributed by atoms with van der Waals surface area (Å²) < 4.78 is 5.09. The van der Waals surface area contributed by atoms with Gasteiger partial charge in [0.2, 0.25) is 0 Å². The SMILES string of the molecule is CCOC(=O)C(C)(N)CN1CCCC2CCCCC21. The number of esters is 1. The van der Waals surface area contributed by atoms with Crippen LogP contribution >= 0.6 is 0 Å². The summed E-state index contributed by atoms with van der Waals surface area (Å²) in [6.45, 7) is 5.74. The van der Waals surface area contributed by atoms with Crippen LogP contribution in [0.2, 0.25) is 0 Å². The molecule has 19 heavy (non-hydrogen) atoms. The molecule has 2 fully saturated rings. The Bertz CT molecular complexity index is 315. The molecular formula is C15H28N2O2. The summed E-state index contributed by atoms with van der Waals surface area (Å²) in [5.41, 5.74) is 5.30. The van der Waals surface area contributed by atoms with E-state index in [1.54, 1.807) is 6.92 Å². The number of carbonyl (C=O) groups is 1. The van der Waals surface area contributed by atoms with Crippen molar-refractivity contribution in [3.05, 3.63) is 0 Å². The van der Waals surface area contributed by atoms with Crippen molar-refractivity contribution in [3.63, 3.8) is 0 Å². The molecule has 0 aromatic rings. The van der Waals surface area contributed by atoms with Crippen molar-refractivity contribution in [1.29, 1.82) is 0 Å². The molecule has 2 N–H and O–H groups in total. The number of rotatable bonds is 4. The van der Waals surface area contributed by atoms with Gasteiger partial charge in [0.15, 0.2) is 0 Å². The van der Waals surface area contributed by atoms with Crippen LogP contribution in [0, 0.1) is 5.92 Å². The summed E-state index contributed by atoms with van der Waals surface area (Å²) in [6.07, 6.45) is 7.89. The van der Waals surface area contributed by atoms with Crippen LogP contribution in [0.25, 0.3) is 0 Å². The molecule has 0 aromatic carbocycles. The van der Waals surface area contributed by atoms with Crippen LogP contribution in [0.3, 0.4) is 0 Å². The lowest BCUT2D eigenvalue weighted by Gasteiger charge is -2.46. The van der Waals surface area contributed by atoms with E-state index in [0.717, 1.165) is 12.5 Å². The molecule has 0 bridgehead atoms. The maximum atomic E-state index is 11.9. The lowest BCUT2D eigenvalue weighted by Crippen LogP contribution is -2.59. The number of fused-ring (bicyclic) bond motifs is 1. The Morgan fingerprint density at radius 3 is 2.74 bits per heavy atom. The highest BCUT2D eigenvalue weighted by molar-refractivity contribution is 5.80. The minimum atomic E-state index is -0.880.